The third kappa shape index (κ3) is 5.18. The third-order valence-corrected chi connectivity index (χ3v) is 10.7. The summed E-state index contributed by atoms with van der Waals surface area (Å²) in [5.74, 6) is 0.369. The minimum Gasteiger partial charge on any atom is -0.371 e. The SMILES string of the molecule is Cc1c(S(=O)(=O)NCC2CCN(C(=O)C3CCN(c4ccncc4)CC3)C2)sc2ccc(Cl)cc12. The maximum absolute atomic E-state index is 13.1. The Kier molecular flexibility index (Phi) is 7.03. The number of thiophene rings is 1. The molecule has 2 aliphatic rings. The molecule has 1 N–H and O–H groups in total. The van der Waals surface area contributed by atoms with Gasteiger partial charge in [-0.1, -0.05) is 11.6 Å². The Morgan fingerprint density at radius 3 is 2.63 bits per heavy atom. The van der Waals surface area contributed by atoms with Crippen LogP contribution in [0.3, 0.4) is 0 Å². The van der Waals surface area contributed by atoms with Gasteiger partial charge in [-0.3, -0.25) is 9.78 Å². The molecule has 0 aliphatic carbocycles. The van der Waals surface area contributed by atoms with Crippen molar-refractivity contribution in [2.45, 2.75) is 30.4 Å². The predicted molar refractivity (Wildman–Crippen MR) is 141 cm³/mol. The molecular formula is C25H29ClN4O3S2. The fourth-order valence-electron chi connectivity index (χ4n) is 5.12. The topological polar surface area (TPSA) is 82.6 Å². The number of amides is 1. The zero-order chi connectivity index (χ0) is 24.6. The Morgan fingerprint density at radius 1 is 1.14 bits per heavy atom. The monoisotopic (exact) mass is 532 g/mol. The summed E-state index contributed by atoms with van der Waals surface area (Å²) in [7, 11) is -3.63. The van der Waals surface area contributed by atoms with Crippen molar-refractivity contribution < 1.29 is 13.2 Å². The van der Waals surface area contributed by atoms with E-state index in [-0.39, 0.29) is 17.7 Å². The third-order valence-electron chi connectivity index (χ3n) is 7.13. The number of hydrogen-bond donors (Lipinski definition) is 1. The van der Waals surface area contributed by atoms with E-state index in [0.29, 0.717) is 28.9 Å². The van der Waals surface area contributed by atoms with E-state index in [9.17, 15) is 13.2 Å². The lowest BCUT2D eigenvalue weighted by atomic mass is 9.95. The number of nitrogens with one attached hydrogen (secondary N) is 1. The lowest BCUT2D eigenvalue weighted by Gasteiger charge is -2.34. The van der Waals surface area contributed by atoms with E-state index >= 15 is 0 Å². The first-order valence-electron chi connectivity index (χ1n) is 11.9. The number of sulfonamides is 1. The number of aromatic nitrogens is 1. The number of halogens is 1. The Balaban J connectivity index is 1.15. The van der Waals surface area contributed by atoms with Gasteiger partial charge in [-0.25, -0.2) is 13.1 Å². The van der Waals surface area contributed by atoms with Gasteiger partial charge in [0.15, 0.2) is 0 Å². The first-order chi connectivity index (χ1) is 16.8. The molecule has 0 saturated carbocycles. The molecule has 1 unspecified atom stereocenters. The zero-order valence-electron chi connectivity index (χ0n) is 19.6. The van der Waals surface area contributed by atoms with Gasteiger partial charge in [0.1, 0.15) is 4.21 Å². The van der Waals surface area contributed by atoms with Crippen LogP contribution in [0.1, 0.15) is 24.8 Å². The molecule has 4 heterocycles. The summed E-state index contributed by atoms with van der Waals surface area (Å²) in [6.07, 6.45) is 6.07. The van der Waals surface area contributed by atoms with Crippen molar-refractivity contribution in [1.82, 2.24) is 14.6 Å². The van der Waals surface area contributed by atoms with E-state index < -0.39 is 10.0 Å². The molecule has 5 rings (SSSR count). The Morgan fingerprint density at radius 2 is 1.89 bits per heavy atom. The van der Waals surface area contributed by atoms with E-state index in [1.165, 1.54) is 11.3 Å². The van der Waals surface area contributed by atoms with Crippen molar-refractivity contribution >= 4 is 54.6 Å². The number of benzene rings is 1. The molecule has 1 amide bonds. The molecule has 10 heteroatoms. The highest BCUT2D eigenvalue weighted by atomic mass is 35.5. The van der Waals surface area contributed by atoms with Crippen molar-refractivity contribution in [2.75, 3.05) is 37.6 Å². The summed E-state index contributed by atoms with van der Waals surface area (Å²) in [5.41, 5.74) is 1.87. The standard InChI is InChI=1S/C25H29ClN4O3S2/c1-17-22-14-20(26)2-3-23(22)34-25(17)35(32,33)28-15-18-6-11-30(16-18)24(31)19-7-12-29(13-8-19)21-4-9-27-10-5-21/h2-5,9-10,14,18-19,28H,6-8,11-13,15-16H2,1H3. The van der Waals surface area contributed by atoms with E-state index in [2.05, 4.69) is 14.6 Å². The minimum absolute atomic E-state index is 0.0385. The predicted octanol–water partition coefficient (Wildman–Crippen LogP) is 4.30. The van der Waals surface area contributed by atoms with Gasteiger partial charge >= 0.3 is 0 Å². The molecule has 7 nitrogen and oxygen atoms in total. The van der Waals surface area contributed by atoms with Crippen LogP contribution in [0.4, 0.5) is 5.69 Å². The van der Waals surface area contributed by atoms with Gasteiger partial charge in [0.25, 0.3) is 0 Å². The maximum atomic E-state index is 13.1. The van der Waals surface area contributed by atoms with Crippen LogP contribution in [0.2, 0.25) is 5.02 Å². The Bertz CT molecular complexity index is 1320. The first-order valence-corrected chi connectivity index (χ1v) is 14.6. The molecule has 2 fully saturated rings. The summed E-state index contributed by atoms with van der Waals surface area (Å²) >= 11 is 7.36. The molecule has 0 spiro atoms. The average Bonchev–Trinajstić information content (AvgIpc) is 3.48. The number of piperidine rings is 1. The number of carbonyl (C=O) groups excluding carboxylic acids is 1. The minimum atomic E-state index is -3.63. The van der Waals surface area contributed by atoms with Crippen LogP contribution in [0.25, 0.3) is 10.1 Å². The van der Waals surface area contributed by atoms with Crippen LogP contribution >= 0.6 is 22.9 Å². The molecule has 186 valence electrons. The highest BCUT2D eigenvalue weighted by Crippen LogP contribution is 2.35. The van der Waals surface area contributed by atoms with Crippen LogP contribution in [0.15, 0.2) is 46.9 Å². The van der Waals surface area contributed by atoms with Crippen molar-refractivity contribution in [1.29, 1.82) is 0 Å². The smallest absolute Gasteiger partial charge is 0.250 e. The molecule has 35 heavy (non-hydrogen) atoms. The molecule has 3 aromatic rings. The molecular weight excluding hydrogens is 504 g/mol. The lowest BCUT2D eigenvalue weighted by molar-refractivity contribution is -0.135. The second-order valence-corrected chi connectivity index (χ2v) is 12.9. The Labute approximate surface area is 215 Å². The van der Waals surface area contributed by atoms with E-state index in [1.54, 1.807) is 18.5 Å². The van der Waals surface area contributed by atoms with E-state index in [0.717, 1.165) is 53.7 Å². The van der Waals surface area contributed by atoms with Crippen LogP contribution in [0.5, 0.6) is 0 Å². The van der Waals surface area contributed by atoms with Crippen molar-refractivity contribution in [3.05, 3.63) is 53.3 Å². The van der Waals surface area contributed by atoms with Crippen LogP contribution < -0.4 is 9.62 Å². The van der Waals surface area contributed by atoms with E-state index in [1.807, 2.05) is 36.1 Å². The van der Waals surface area contributed by atoms with Gasteiger partial charge in [-0.05, 0) is 73.4 Å². The molecule has 2 aliphatic heterocycles. The summed E-state index contributed by atoms with van der Waals surface area (Å²) in [6.45, 7) is 5.16. The molecule has 2 saturated heterocycles. The average molecular weight is 533 g/mol. The molecule has 1 aromatic carbocycles. The van der Waals surface area contributed by atoms with Crippen LogP contribution in [-0.2, 0) is 14.8 Å². The summed E-state index contributed by atoms with van der Waals surface area (Å²) in [5, 5.41) is 1.46. The summed E-state index contributed by atoms with van der Waals surface area (Å²) in [6, 6.07) is 9.45. The number of carbonyl (C=O) groups is 1. The Hall–Kier alpha value is -2.20. The van der Waals surface area contributed by atoms with Gasteiger partial charge in [0, 0.05) is 66.4 Å². The molecule has 2 aromatic heterocycles. The van der Waals surface area contributed by atoms with E-state index in [4.69, 9.17) is 11.6 Å². The number of rotatable bonds is 6. The van der Waals surface area contributed by atoms with Gasteiger partial charge in [0.2, 0.25) is 15.9 Å². The van der Waals surface area contributed by atoms with Crippen molar-refractivity contribution in [3.63, 3.8) is 0 Å². The molecule has 1 atom stereocenters. The van der Waals surface area contributed by atoms with Gasteiger partial charge in [0.05, 0.1) is 0 Å². The summed E-state index contributed by atoms with van der Waals surface area (Å²) in [4.78, 5) is 21.4. The number of aryl methyl sites for hydroxylation is 1. The number of anilines is 1. The molecule has 0 bridgehead atoms. The highest BCUT2D eigenvalue weighted by molar-refractivity contribution is 7.91. The van der Waals surface area contributed by atoms with Gasteiger partial charge in [-0.15, -0.1) is 11.3 Å². The number of likely N-dealkylation sites (tertiary alicyclic amines) is 1. The number of pyridine rings is 1. The lowest BCUT2D eigenvalue weighted by Crippen LogP contribution is -2.42. The van der Waals surface area contributed by atoms with Gasteiger partial charge in [-0.2, -0.15) is 0 Å². The number of hydrogen-bond acceptors (Lipinski definition) is 6. The number of fused-ring (bicyclic) bond motifs is 1. The number of nitrogens with zero attached hydrogens (tertiary/aromatic N) is 3. The maximum Gasteiger partial charge on any atom is 0.250 e. The van der Waals surface area contributed by atoms with Gasteiger partial charge < -0.3 is 9.80 Å². The van der Waals surface area contributed by atoms with Crippen molar-refractivity contribution in [2.24, 2.45) is 11.8 Å². The normalized spacial score (nSPS) is 19.5. The van der Waals surface area contributed by atoms with Crippen LogP contribution in [0, 0.1) is 18.8 Å². The second-order valence-electron chi connectivity index (χ2n) is 9.41. The fourth-order valence-corrected chi connectivity index (χ4v) is 8.19. The fraction of sp³-hybridized carbons (Fsp3) is 0.440. The first kappa shape index (κ1) is 24.5. The van der Waals surface area contributed by atoms with Crippen LogP contribution in [-0.4, -0.2) is 56.9 Å². The molecule has 0 radical (unpaired) electrons. The zero-order valence-corrected chi connectivity index (χ0v) is 22.0. The summed E-state index contributed by atoms with van der Waals surface area (Å²) < 4.78 is 30.1. The quantitative estimate of drug-likeness (QED) is 0.512. The largest absolute Gasteiger partial charge is 0.371 e. The van der Waals surface area contributed by atoms with Crippen molar-refractivity contribution in [3.8, 4) is 0 Å². The highest BCUT2D eigenvalue weighted by Gasteiger charge is 2.33. The second kappa shape index (κ2) is 10.0.